The lowest BCUT2D eigenvalue weighted by molar-refractivity contribution is -0.163. The van der Waals surface area contributed by atoms with E-state index in [1.165, 1.54) is 0 Å². The molecular formula is C14H20O5. The maximum atomic E-state index is 11.0. The van der Waals surface area contributed by atoms with Crippen LogP contribution in [0.2, 0.25) is 0 Å². The summed E-state index contributed by atoms with van der Waals surface area (Å²) >= 11 is 0. The average molecular weight is 268 g/mol. The molecule has 0 heterocycles. The van der Waals surface area contributed by atoms with E-state index < -0.39 is 24.5 Å². The second kappa shape index (κ2) is 11.2. The minimum atomic E-state index is -1.21. The minimum Gasteiger partial charge on any atom is -0.465 e. The molecule has 0 spiro atoms. The summed E-state index contributed by atoms with van der Waals surface area (Å²) in [5.41, 5.74) is 0. The smallest absolute Gasteiger partial charge is 0.322 e. The summed E-state index contributed by atoms with van der Waals surface area (Å²) in [7, 11) is 0. The van der Waals surface area contributed by atoms with Crippen molar-refractivity contribution in [2.75, 3.05) is 19.8 Å². The number of hydrogen-bond donors (Lipinski definition) is 1. The van der Waals surface area contributed by atoms with Crippen LogP contribution in [-0.4, -0.2) is 36.9 Å². The lowest BCUT2D eigenvalue weighted by Crippen LogP contribution is -2.30. The zero-order valence-corrected chi connectivity index (χ0v) is 11.2. The third-order valence-electron chi connectivity index (χ3n) is 1.99. The van der Waals surface area contributed by atoms with Crippen molar-refractivity contribution >= 4 is 11.9 Å². The van der Waals surface area contributed by atoms with Crippen LogP contribution in [0, 0.1) is 5.92 Å². The second-order valence-corrected chi connectivity index (χ2v) is 3.39. The van der Waals surface area contributed by atoms with Crippen molar-refractivity contribution in [2.24, 2.45) is 5.92 Å². The molecule has 0 saturated carbocycles. The summed E-state index contributed by atoms with van der Waals surface area (Å²) in [6.45, 7) is 3.01. The maximum absolute atomic E-state index is 11.0. The summed E-state index contributed by atoms with van der Waals surface area (Å²) in [6, 6.07) is 12.0. The monoisotopic (exact) mass is 268 g/mol. The highest BCUT2D eigenvalue weighted by molar-refractivity contribution is 5.95. The van der Waals surface area contributed by atoms with Crippen LogP contribution in [-0.2, 0) is 19.1 Å². The Balaban J connectivity index is 0.000000443. The van der Waals surface area contributed by atoms with Gasteiger partial charge in [0.1, 0.15) is 0 Å². The Bertz CT molecular complexity index is 305. The number of hydrogen-bond acceptors (Lipinski definition) is 5. The number of rotatable bonds is 5. The second-order valence-electron chi connectivity index (χ2n) is 3.39. The third kappa shape index (κ3) is 7.94. The molecule has 0 amide bonds. The first-order valence-corrected chi connectivity index (χ1v) is 6.11. The largest absolute Gasteiger partial charge is 0.465 e. The Morgan fingerprint density at radius 3 is 1.42 bits per heavy atom. The molecule has 0 aliphatic rings. The van der Waals surface area contributed by atoms with Crippen LogP contribution in [0.1, 0.15) is 13.8 Å². The van der Waals surface area contributed by atoms with E-state index in [-0.39, 0.29) is 13.2 Å². The Kier molecular flexibility index (Phi) is 10.1. The molecule has 5 heteroatoms. The molecule has 0 radical (unpaired) electrons. The number of aliphatic hydroxyl groups is 1. The van der Waals surface area contributed by atoms with Crippen molar-refractivity contribution in [2.45, 2.75) is 13.8 Å². The number of esters is 2. The van der Waals surface area contributed by atoms with Crippen LogP contribution >= 0.6 is 0 Å². The Morgan fingerprint density at radius 1 is 0.895 bits per heavy atom. The van der Waals surface area contributed by atoms with Crippen molar-refractivity contribution < 1.29 is 24.2 Å². The number of carbonyl (C=O) groups is 2. The van der Waals surface area contributed by atoms with Crippen LogP contribution in [0.15, 0.2) is 36.4 Å². The minimum absolute atomic E-state index is 0.175. The van der Waals surface area contributed by atoms with Gasteiger partial charge in [-0.2, -0.15) is 0 Å². The molecule has 0 aliphatic carbocycles. The molecular weight excluding hydrogens is 248 g/mol. The van der Waals surface area contributed by atoms with Gasteiger partial charge in [0, 0.05) is 0 Å². The van der Waals surface area contributed by atoms with Crippen molar-refractivity contribution in [3.8, 4) is 0 Å². The van der Waals surface area contributed by atoms with Crippen molar-refractivity contribution in [1.82, 2.24) is 0 Å². The predicted octanol–water partition coefficient (Wildman–Crippen LogP) is 1.41. The molecule has 0 aromatic heterocycles. The van der Waals surface area contributed by atoms with Gasteiger partial charge in [0.2, 0.25) is 0 Å². The number of carbonyl (C=O) groups excluding carboxylic acids is 2. The van der Waals surface area contributed by atoms with Crippen molar-refractivity contribution in [1.29, 1.82) is 0 Å². The van der Waals surface area contributed by atoms with Gasteiger partial charge in [-0.1, -0.05) is 36.4 Å². The fourth-order valence-corrected chi connectivity index (χ4v) is 1.12. The summed E-state index contributed by atoms with van der Waals surface area (Å²) in [4.78, 5) is 22.0. The van der Waals surface area contributed by atoms with Gasteiger partial charge in [-0.3, -0.25) is 9.59 Å². The highest BCUT2D eigenvalue weighted by Crippen LogP contribution is 2.02. The number of ether oxygens (including phenoxy) is 2. The zero-order chi connectivity index (χ0) is 14.5. The average Bonchev–Trinajstić information content (AvgIpc) is 2.43. The molecule has 1 N–H and O–H groups in total. The Labute approximate surface area is 113 Å². The van der Waals surface area contributed by atoms with E-state index in [0.29, 0.717) is 0 Å². The van der Waals surface area contributed by atoms with Gasteiger partial charge in [-0.15, -0.1) is 0 Å². The maximum Gasteiger partial charge on any atom is 0.322 e. The Hall–Kier alpha value is -1.88. The van der Waals surface area contributed by atoms with Gasteiger partial charge < -0.3 is 14.6 Å². The highest BCUT2D eigenvalue weighted by atomic mass is 16.6. The first kappa shape index (κ1) is 17.1. The normalized spacial score (nSPS) is 9.26. The summed E-state index contributed by atoms with van der Waals surface area (Å²) in [5, 5.41) is 8.72. The standard InChI is InChI=1S/C8H14O5.C6H6/c1-3-12-7(10)6(5-9)8(11)13-4-2;1-2-4-6-5-3-1/h6,9H,3-5H2,1-2H3;1-6H. The molecule has 0 saturated heterocycles. The van der Waals surface area contributed by atoms with Crippen LogP contribution in [0.5, 0.6) is 0 Å². The van der Waals surface area contributed by atoms with Crippen LogP contribution < -0.4 is 0 Å². The predicted molar refractivity (Wildman–Crippen MR) is 70.3 cm³/mol. The van der Waals surface area contributed by atoms with Crippen LogP contribution in [0.4, 0.5) is 0 Å². The summed E-state index contributed by atoms with van der Waals surface area (Å²) in [5.74, 6) is -2.70. The molecule has 5 nitrogen and oxygen atoms in total. The van der Waals surface area contributed by atoms with E-state index in [9.17, 15) is 9.59 Å². The van der Waals surface area contributed by atoms with Gasteiger partial charge in [0.05, 0.1) is 19.8 Å². The van der Waals surface area contributed by atoms with Gasteiger partial charge in [0.25, 0.3) is 0 Å². The lowest BCUT2D eigenvalue weighted by Gasteiger charge is -2.10. The Morgan fingerprint density at radius 2 is 1.21 bits per heavy atom. The highest BCUT2D eigenvalue weighted by Gasteiger charge is 2.28. The van der Waals surface area contributed by atoms with Crippen LogP contribution in [0.25, 0.3) is 0 Å². The van der Waals surface area contributed by atoms with E-state index in [0.717, 1.165) is 0 Å². The molecule has 1 aromatic carbocycles. The molecule has 1 aromatic rings. The fourth-order valence-electron chi connectivity index (χ4n) is 1.12. The van der Waals surface area contributed by atoms with E-state index in [1.54, 1.807) is 13.8 Å². The summed E-state index contributed by atoms with van der Waals surface area (Å²) in [6.07, 6.45) is 0. The topological polar surface area (TPSA) is 72.8 Å². The quantitative estimate of drug-likeness (QED) is 0.645. The van der Waals surface area contributed by atoms with E-state index in [2.05, 4.69) is 9.47 Å². The van der Waals surface area contributed by atoms with E-state index in [4.69, 9.17) is 5.11 Å². The van der Waals surface area contributed by atoms with Crippen molar-refractivity contribution in [3.05, 3.63) is 36.4 Å². The van der Waals surface area contributed by atoms with Crippen LogP contribution in [0.3, 0.4) is 0 Å². The number of aliphatic hydroxyl groups excluding tert-OH is 1. The fraction of sp³-hybridized carbons (Fsp3) is 0.429. The van der Waals surface area contributed by atoms with Gasteiger partial charge >= 0.3 is 11.9 Å². The zero-order valence-electron chi connectivity index (χ0n) is 11.2. The number of benzene rings is 1. The van der Waals surface area contributed by atoms with Gasteiger partial charge in [0.15, 0.2) is 5.92 Å². The summed E-state index contributed by atoms with van der Waals surface area (Å²) < 4.78 is 9.13. The molecule has 106 valence electrons. The van der Waals surface area contributed by atoms with Gasteiger partial charge in [-0.25, -0.2) is 0 Å². The van der Waals surface area contributed by atoms with E-state index in [1.807, 2.05) is 36.4 Å². The third-order valence-corrected chi connectivity index (χ3v) is 1.99. The van der Waals surface area contributed by atoms with Crippen molar-refractivity contribution in [3.63, 3.8) is 0 Å². The lowest BCUT2D eigenvalue weighted by atomic mass is 10.2. The van der Waals surface area contributed by atoms with Gasteiger partial charge in [-0.05, 0) is 13.8 Å². The molecule has 0 unspecified atom stereocenters. The molecule has 0 atom stereocenters. The molecule has 0 bridgehead atoms. The molecule has 0 aliphatic heterocycles. The van der Waals surface area contributed by atoms with E-state index >= 15 is 0 Å². The SMILES string of the molecule is CCOC(=O)C(CO)C(=O)OCC.c1ccccc1. The molecule has 1 rings (SSSR count). The first-order valence-electron chi connectivity index (χ1n) is 6.11. The first-order chi connectivity index (χ1) is 9.17. The molecule has 19 heavy (non-hydrogen) atoms. The molecule has 0 fully saturated rings.